The lowest BCUT2D eigenvalue weighted by atomic mass is 10.1. The lowest BCUT2D eigenvalue weighted by molar-refractivity contribution is -0.114. The molecule has 3 rings (SSSR count). The Morgan fingerprint density at radius 1 is 0.963 bits per heavy atom. The van der Waals surface area contributed by atoms with Crippen molar-refractivity contribution in [1.29, 1.82) is 0 Å². The summed E-state index contributed by atoms with van der Waals surface area (Å²) in [5.74, 6) is 0.00800. The Morgan fingerprint density at radius 3 is 2.19 bits per heavy atom. The second-order valence-corrected chi connectivity index (χ2v) is 7.21. The van der Waals surface area contributed by atoms with Crippen molar-refractivity contribution >= 4 is 29.1 Å². The van der Waals surface area contributed by atoms with E-state index < -0.39 is 0 Å². The Bertz CT molecular complexity index is 782. The van der Waals surface area contributed by atoms with E-state index in [1.54, 1.807) is 24.3 Å². The summed E-state index contributed by atoms with van der Waals surface area (Å²) < 4.78 is 0. The summed E-state index contributed by atoms with van der Waals surface area (Å²) >= 11 is 5.89. The first-order chi connectivity index (χ1) is 13.0. The van der Waals surface area contributed by atoms with Crippen molar-refractivity contribution in [2.75, 3.05) is 38.0 Å². The second-order valence-electron chi connectivity index (χ2n) is 6.77. The molecule has 2 aromatic rings. The number of carbonyl (C=O) groups is 2. The number of nitrogens with one attached hydrogen (secondary N) is 1. The highest BCUT2D eigenvalue weighted by Gasteiger charge is 2.21. The number of halogens is 1. The summed E-state index contributed by atoms with van der Waals surface area (Å²) in [6.45, 7) is 5.70. The van der Waals surface area contributed by atoms with Crippen LogP contribution in [0.5, 0.6) is 0 Å². The number of nitrogens with zero attached hydrogens (tertiary/aromatic N) is 2. The summed E-state index contributed by atoms with van der Waals surface area (Å²) in [4.78, 5) is 27.9. The van der Waals surface area contributed by atoms with Gasteiger partial charge < -0.3 is 10.2 Å². The van der Waals surface area contributed by atoms with Gasteiger partial charge in [-0.15, -0.1) is 0 Å². The van der Waals surface area contributed by atoms with Gasteiger partial charge in [0.1, 0.15) is 0 Å². The average molecular weight is 386 g/mol. The number of anilines is 1. The highest BCUT2D eigenvalue weighted by Crippen LogP contribution is 2.14. The molecule has 0 unspecified atom stereocenters. The van der Waals surface area contributed by atoms with Crippen LogP contribution in [-0.2, 0) is 11.2 Å². The van der Waals surface area contributed by atoms with Gasteiger partial charge in [0.05, 0.1) is 0 Å². The van der Waals surface area contributed by atoms with Gasteiger partial charge in [-0.05, 0) is 48.4 Å². The Hall–Kier alpha value is -2.37. The third-order valence-corrected chi connectivity index (χ3v) is 4.99. The molecule has 0 spiro atoms. The van der Waals surface area contributed by atoms with Crippen LogP contribution in [0.25, 0.3) is 0 Å². The van der Waals surface area contributed by atoms with Gasteiger partial charge in [0, 0.05) is 55.9 Å². The minimum atomic E-state index is -0.0613. The fraction of sp³-hybridized carbons (Fsp3) is 0.333. The van der Waals surface area contributed by atoms with Crippen molar-refractivity contribution in [3.05, 3.63) is 64.7 Å². The number of hydrogen-bond donors (Lipinski definition) is 1. The zero-order valence-electron chi connectivity index (χ0n) is 15.5. The summed E-state index contributed by atoms with van der Waals surface area (Å²) in [5, 5.41) is 3.42. The summed E-state index contributed by atoms with van der Waals surface area (Å²) in [6.07, 6.45) is 0.950. The van der Waals surface area contributed by atoms with Gasteiger partial charge in [-0.25, -0.2) is 0 Å². The van der Waals surface area contributed by atoms with Crippen LogP contribution in [0.2, 0.25) is 5.02 Å². The van der Waals surface area contributed by atoms with E-state index in [1.165, 1.54) is 12.5 Å². The smallest absolute Gasteiger partial charge is 0.253 e. The van der Waals surface area contributed by atoms with Gasteiger partial charge in [0.2, 0.25) is 5.91 Å². The summed E-state index contributed by atoms with van der Waals surface area (Å²) in [5.41, 5.74) is 2.75. The van der Waals surface area contributed by atoms with Gasteiger partial charge in [0.25, 0.3) is 5.91 Å². The Balaban J connectivity index is 1.44. The molecule has 0 saturated carbocycles. The van der Waals surface area contributed by atoms with Crippen molar-refractivity contribution in [3.63, 3.8) is 0 Å². The number of piperazine rings is 1. The van der Waals surface area contributed by atoms with Crippen molar-refractivity contribution in [2.45, 2.75) is 13.3 Å². The van der Waals surface area contributed by atoms with Crippen molar-refractivity contribution in [1.82, 2.24) is 9.80 Å². The quantitative estimate of drug-likeness (QED) is 0.859. The predicted molar refractivity (Wildman–Crippen MR) is 108 cm³/mol. The van der Waals surface area contributed by atoms with Gasteiger partial charge in [0.15, 0.2) is 0 Å². The predicted octanol–water partition coefficient (Wildman–Crippen LogP) is 3.30. The van der Waals surface area contributed by atoms with E-state index in [9.17, 15) is 9.59 Å². The second kappa shape index (κ2) is 9.02. The minimum Gasteiger partial charge on any atom is -0.336 e. The Morgan fingerprint density at radius 2 is 1.59 bits per heavy atom. The molecule has 1 N–H and O–H groups in total. The molecular formula is C21H24ClN3O2. The van der Waals surface area contributed by atoms with E-state index in [0.29, 0.717) is 10.6 Å². The van der Waals surface area contributed by atoms with E-state index in [1.807, 2.05) is 29.2 Å². The molecule has 142 valence electrons. The van der Waals surface area contributed by atoms with E-state index in [0.717, 1.165) is 44.8 Å². The summed E-state index contributed by atoms with van der Waals surface area (Å²) in [6, 6.07) is 15.0. The molecule has 0 aromatic heterocycles. The minimum absolute atomic E-state index is 0.0613. The molecule has 6 heteroatoms. The maximum absolute atomic E-state index is 12.5. The molecule has 0 atom stereocenters. The molecular weight excluding hydrogens is 362 g/mol. The maximum atomic E-state index is 12.5. The average Bonchev–Trinajstić information content (AvgIpc) is 2.67. The molecule has 1 heterocycles. The van der Waals surface area contributed by atoms with Crippen LogP contribution >= 0.6 is 11.6 Å². The first-order valence-corrected chi connectivity index (χ1v) is 9.53. The molecule has 1 aliphatic heterocycles. The summed E-state index contributed by atoms with van der Waals surface area (Å²) in [7, 11) is 0. The lowest BCUT2D eigenvalue weighted by Gasteiger charge is -2.34. The van der Waals surface area contributed by atoms with Crippen LogP contribution in [0.4, 0.5) is 5.69 Å². The molecule has 0 bridgehead atoms. The largest absolute Gasteiger partial charge is 0.336 e. The number of carbonyl (C=O) groups excluding carboxylic acids is 2. The molecule has 2 amide bonds. The van der Waals surface area contributed by atoms with Gasteiger partial charge in [-0.1, -0.05) is 23.7 Å². The molecule has 5 nitrogen and oxygen atoms in total. The first kappa shape index (κ1) is 19.4. The number of benzene rings is 2. The zero-order valence-corrected chi connectivity index (χ0v) is 16.2. The van der Waals surface area contributed by atoms with E-state index in [2.05, 4.69) is 10.2 Å². The fourth-order valence-electron chi connectivity index (χ4n) is 3.19. The van der Waals surface area contributed by atoms with Crippen LogP contribution < -0.4 is 5.32 Å². The van der Waals surface area contributed by atoms with Crippen LogP contribution in [0.1, 0.15) is 22.8 Å². The first-order valence-electron chi connectivity index (χ1n) is 9.15. The number of amides is 2. The standard InChI is InChI=1S/C21H24ClN3O2/c1-16(26)23-20-8-2-17(3-9-20)10-11-24-12-14-25(15-13-24)21(27)18-4-6-19(22)7-5-18/h2-9H,10-15H2,1H3,(H,23,26). The third-order valence-electron chi connectivity index (χ3n) is 4.74. The molecule has 2 aromatic carbocycles. The van der Waals surface area contributed by atoms with E-state index >= 15 is 0 Å². The highest BCUT2D eigenvalue weighted by atomic mass is 35.5. The monoisotopic (exact) mass is 385 g/mol. The fourth-order valence-corrected chi connectivity index (χ4v) is 3.32. The van der Waals surface area contributed by atoms with Crippen molar-refractivity contribution in [2.24, 2.45) is 0 Å². The van der Waals surface area contributed by atoms with Crippen LogP contribution in [0.15, 0.2) is 48.5 Å². The SMILES string of the molecule is CC(=O)Nc1ccc(CCN2CCN(C(=O)c3ccc(Cl)cc3)CC2)cc1. The topological polar surface area (TPSA) is 52.7 Å². The molecule has 1 aliphatic rings. The maximum Gasteiger partial charge on any atom is 0.253 e. The van der Waals surface area contributed by atoms with E-state index in [-0.39, 0.29) is 11.8 Å². The zero-order chi connectivity index (χ0) is 19.2. The van der Waals surface area contributed by atoms with E-state index in [4.69, 9.17) is 11.6 Å². The van der Waals surface area contributed by atoms with Crippen LogP contribution in [0, 0.1) is 0 Å². The Labute approximate surface area is 164 Å². The third kappa shape index (κ3) is 5.55. The lowest BCUT2D eigenvalue weighted by Crippen LogP contribution is -2.49. The van der Waals surface area contributed by atoms with Crippen LogP contribution in [-0.4, -0.2) is 54.3 Å². The number of rotatable bonds is 5. The molecule has 0 radical (unpaired) electrons. The van der Waals surface area contributed by atoms with Gasteiger partial charge in [-0.3, -0.25) is 14.5 Å². The highest BCUT2D eigenvalue weighted by molar-refractivity contribution is 6.30. The normalized spacial score (nSPS) is 14.8. The molecule has 1 fully saturated rings. The molecule has 1 saturated heterocycles. The van der Waals surface area contributed by atoms with Crippen molar-refractivity contribution < 1.29 is 9.59 Å². The number of hydrogen-bond acceptors (Lipinski definition) is 3. The Kier molecular flexibility index (Phi) is 6.48. The van der Waals surface area contributed by atoms with Gasteiger partial charge >= 0.3 is 0 Å². The van der Waals surface area contributed by atoms with Crippen molar-refractivity contribution in [3.8, 4) is 0 Å². The molecule has 0 aliphatic carbocycles. The molecule has 27 heavy (non-hydrogen) atoms. The van der Waals surface area contributed by atoms with Crippen LogP contribution in [0.3, 0.4) is 0 Å². The van der Waals surface area contributed by atoms with Gasteiger partial charge in [-0.2, -0.15) is 0 Å².